The average molecular weight is 369 g/mol. The Balaban J connectivity index is 1.96. The summed E-state index contributed by atoms with van der Waals surface area (Å²) in [6.45, 7) is 0. The van der Waals surface area contributed by atoms with E-state index in [-0.39, 0.29) is 22.6 Å². The van der Waals surface area contributed by atoms with Gasteiger partial charge in [-0.1, -0.05) is 25.0 Å². The molecule has 2 aromatic rings. The predicted octanol–water partition coefficient (Wildman–Crippen LogP) is 4.76. The van der Waals surface area contributed by atoms with Crippen LogP contribution in [0.25, 0.3) is 0 Å². The average Bonchev–Trinajstić information content (AvgIpc) is 2.72. The van der Waals surface area contributed by atoms with E-state index in [0.29, 0.717) is 11.3 Å². The normalized spacial score (nSPS) is 23.9. The van der Waals surface area contributed by atoms with Gasteiger partial charge in [-0.3, -0.25) is 10.1 Å². The maximum atomic E-state index is 11.6. The van der Waals surface area contributed by atoms with E-state index in [4.69, 9.17) is 14.2 Å². The molecule has 0 radical (unpaired) electrons. The number of nitro groups is 1. The lowest BCUT2D eigenvalue weighted by atomic mass is 9.75. The van der Waals surface area contributed by atoms with Crippen LogP contribution in [0.2, 0.25) is 0 Å². The number of hydrogen-bond donors (Lipinski definition) is 0. The number of benzene rings is 2. The Morgan fingerprint density at radius 1 is 1.00 bits per heavy atom. The molecule has 1 fully saturated rings. The molecule has 2 aromatic carbocycles. The SMILES string of the molecule is COc1ccc(OC)c2c1[C@H](c1ccccc1[N+](=O)[O-])O[C@@H]1CCCC[C@@H]21. The maximum Gasteiger partial charge on any atom is 0.275 e. The van der Waals surface area contributed by atoms with Crippen LogP contribution in [-0.4, -0.2) is 25.2 Å². The second-order valence-corrected chi connectivity index (χ2v) is 7.06. The molecule has 1 heterocycles. The van der Waals surface area contributed by atoms with Gasteiger partial charge in [0.2, 0.25) is 0 Å². The Bertz CT molecular complexity index is 866. The molecule has 1 saturated carbocycles. The van der Waals surface area contributed by atoms with Gasteiger partial charge in [0, 0.05) is 23.1 Å². The standard InChI is InChI=1S/C21H23NO5/c1-25-17-11-12-18(26-2)20-19(17)14-8-4-6-10-16(14)27-21(20)13-7-3-5-9-15(13)22(23)24/h3,5,7,9,11-12,14,16,21H,4,6,8,10H2,1-2H3/t14-,16-,21+/m1/s1. The van der Waals surface area contributed by atoms with E-state index < -0.39 is 6.10 Å². The first-order valence-corrected chi connectivity index (χ1v) is 9.29. The molecule has 1 aliphatic heterocycles. The molecule has 1 aliphatic carbocycles. The zero-order chi connectivity index (χ0) is 19.0. The molecule has 6 heteroatoms. The van der Waals surface area contributed by atoms with E-state index in [1.165, 1.54) is 6.07 Å². The zero-order valence-electron chi connectivity index (χ0n) is 15.5. The summed E-state index contributed by atoms with van der Waals surface area (Å²) in [6, 6.07) is 10.6. The van der Waals surface area contributed by atoms with Crippen LogP contribution in [0.4, 0.5) is 5.69 Å². The molecule has 3 atom stereocenters. The summed E-state index contributed by atoms with van der Waals surface area (Å²) in [6.07, 6.45) is 3.68. The Kier molecular flexibility index (Phi) is 4.74. The van der Waals surface area contributed by atoms with Crippen molar-refractivity contribution in [1.29, 1.82) is 0 Å². The molecule has 0 N–H and O–H groups in total. The molecule has 0 bridgehead atoms. The van der Waals surface area contributed by atoms with E-state index in [1.54, 1.807) is 26.4 Å². The Hall–Kier alpha value is -2.60. The Labute approximate surface area is 158 Å². The number of nitrogens with zero attached hydrogens (tertiary/aromatic N) is 1. The third-order valence-electron chi connectivity index (χ3n) is 5.71. The molecular formula is C21H23NO5. The topological polar surface area (TPSA) is 70.8 Å². The van der Waals surface area contributed by atoms with Gasteiger partial charge < -0.3 is 14.2 Å². The highest BCUT2D eigenvalue weighted by molar-refractivity contribution is 5.58. The minimum Gasteiger partial charge on any atom is -0.496 e. The van der Waals surface area contributed by atoms with Crippen molar-refractivity contribution in [2.45, 2.75) is 43.8 Å². The molecule has 0 saturated heterocycles. The van der Waals surface area contributed by atoms with E-state index in [0.717, 1.165) is 42.6 Å². The molecule has 27 heavy (non-hydrogen) atoms. The maximum absolute atomic E-state index is 11.6. The number of hydrogen-bond acceptors (Lipinski definition) is 5. The highest BCUT2D eigenvalue weighted by Gasteiger charge is 2.43. The fourth-order valence-electron chi connectivity index (χ4n) is 4.54. The fourth-order valence-corrected chi connectivity index (χ4v) is 4.54. The number of para-hydroxylation sites is 1. The first-order chi connectivity index (χ1) is 13.2. The van der Waals surface area contributed by atoms with Crippen LogP contribution in [0, 0.1) is 10.1 Å². The van der Waals surface area contributed by atoms with Crippen LogP contribution in [-0.2, 0) is 4.74 Å². The second kappa shape index (κ2) is 7.19. The highest BCUT2D eigenvalue weighted by Crippen LogP contribution is 2.53. The monoisotopic (exact) mass is 369 g/mol. The summed E-state index contributed by atoms with van der Waals surface area (Å²) in [7, 11) is 3.28. The summed E-state index contributed by atoms with van der Waals surface area (Å²) in [4.78, 5) is 11.3. The van der Waals surface area contributed by atoms with Crippen molar-refractivity contribution in [3.8, 4) is 11.5 Å². The van der Waals surface area contributed by atoms with Gasteiger partial charge in [-0.25, -0.2) is 0 Å². The summed E-state index contributed by atoms with van der Waals surface area (Å²) in [5.41, 5.74) is 2.55. The quantitative estimate of drug-likeness (QED) is 0.574. The summed E-state index contributed by atoms with van der Waals surface area (Å²) in [5, 5.41) is 11.6. The van der Waals surface area contributed by atoms with Gasteiger partial charge in [-0.05, 0) is 31.0 Å². The van der Waals surface area contributed by atoms with Crippen molar-refractivity contribution in [3.63, 3.8) is 0 Å². The van der Waals surface area contributed by atoms with Gasteiger partial charge in [-0.2, -0.15) is 0 Å². The van der Waals surface area contributed by atoms with E-state index in [2.05, 4.69) is 0 Å². The molecule has 6 nitrogen and oxygen atoms in total. The molecule has 2 aliphatic rings. The second-order valence-electron chi connectivity index (χ2n) is 7.06. The lowest BCUT2D eigenvalue weighted by Crippen LogP contribution is -2.34. The fraction of sp³-hybridized carbons (Fsp3) is 0.429. The summed E-state index contributed by atoms with van der Waals surface area (Å²) >= 11 is 0. The Morgan fingerprint density at radius 2 is 1.67 bits per heavy atom. The smallest absolute Gasteiger partial charge is 0.275 e. The van der Waals surface area contributed by atoms with Gasteiger partial charge >= 0.3 is 0 Å². The van der Waals surface area contributed by atoms with Gasteiger partial charge in [0.05, 0.1) is 30.8 Å². The number of nitro benzene ring substituents is 1. The molecule has 142 valence electrons. The lowest BCUT2D eigenvalue weighted by Gasteiger charge is -2.42. The highest BCUT2D eigenvalue weighted by atomic mass is 16.6. The molecule has 4 rings (SSSR count). The van der Waals surface area contributed by atoms with Gasteiger partial charge in [0.15, 0.2) is 0 Å². The summed E-state index contributed by atoms with van der Waals surface area (Å²) < 4.78 is 17.8. The molecular weight excluding hydrogens is 346 g/mol. The van der Waals surface area contributed by atoms with E-state index >= 15 is 0 Å². The minimum absolute atomic E-state index is 0.0251. The number of ether oxygens (including phenoxy) is 3. The summed E-state index contributed by atoms with van der Waals surface area (Å²) in [5.74, 6) is 1.70. The van der Waals surface area contributed by atoms with E-state index in [1.807, 2.05) is 18.2 Å². The first-order valence-electron chi connectivity index (χ1n) is 9.29. The van der Waals surface area contributed by atoms with Crippen LogP contribution in [0.15, 0.2) is 36.4 Å². The largest absolute Gasteiger partial charge is 0.496 e. The molecule has 0 unspecified atom stereocenters. The van der Waals surface area contributed by atoms with Gasteiger partial charge in [0.1, 0.15) is 17.6 Å². The van der Waals surface area contributed by atoms with Crippen LogP contribution < -0.4 is 9.47 Å². The van der Waals surface area contributed by atoms with Crippen LogP contribution >= 0.6 is 0 Å². The van der Waals surface area contributed by atoms with Crippen LogP contribution in [0.5, 0.6) is 11.5 Å². The lowest BCUT2D eigenvalue weighted by molar-refractivity contribution is -0.386. The number of methoxy groups -OCH3 is 2. The van der Waals surface area contributed by atoms with Crippen molar-refractivity contribution in [2.24, 2.45) is 0 Å². The third-order valence-corrected chi connectivity index (χ3v) is 5.71. The van der Waals surface area contributed by atoms with Crippen molar-refractivity contribution in [2.75, 3.05) is 14.2 Å². The Morgan fingerprint density at radius 3 is 2.37 bits per heavy atom. The van der Waals surface area contributed by atoms with Crippen molar-refractivity contribution in [3.05, 3.63) is 63.2 Å². The van der Waals surface area contributed by atoms with Crippen LogP contribution in [0.1, 0.15) is 54.4 Å². The number of fused-ring (bicyclic) bond motifs is 3. The zero-order valence-corrected chi connectivity index (χ0v) is 15.5. The first kappa shape index (κ1) is 17.8. The molecule has 0 spiro atoms. The van der Waals surface area contributed by atoms with Gasteiger partial charge in [0.25, 0.3) is 5.69 Å². The minimum atomic E-state index is -0.550. The predicted molar refractivity (Wildman–Crippen MR) is 101 cm³/mol. The van der Waals surface area contributed by atoms with E-state index in [9.17, 15) is 10.1 Å². The third kappa shape index (κ3) is 2.94. The van der Waals surface area contributed by atoms with Crippen molar-refractivity contribution in [1.82, 2.24) is 0 Å². The number of rotatable bonds is 4. The van der Waals surface area contributed by atoms with Crippen molar-refractivity contribution >= 4 is 5.69 Å². The van der Waals surface area contributed by atoms with Crippen LogP contribution in [0.3, 0.4) is 0 Å². The molecule has 0 aromatic heterocycles. The van der Waals surface area contributed by atoms with Gasteiger partial charge in [-0.15, -0.1) is 0 Å². The van der Waals surface area contributed by atoms with Crippen molar-refractivity contribution < 1.29 is 19.1 Å². The molecule has 0 amide bonds.